The van der Waals surface area contributed by atoms with Crippen LogP contribution in [0.1, 0.15) is 31.8 Å². The molecule has 0 atom stereocenters. The largest absolute Gasteiger partial charge is 0.423 e. The number of amides is 2. The summed E-state index contributed by atoms with van der Waals surface area (Å²) in [6.07, 6.45) is 3.03. The van der Waals surface area contributed by atoms with Gasteiger partial charge in [0.25, 0.3) is 11.8 Å². The highest BCUT2D eigenvalue weighted by molar-refractivity contribution is 9.10. The highest BCUT2D eigenvalue weighted by atomic mass is 79.9. The molecule has 0 unspecified atom stereocenters. The van der Waals surface area contributed by atoms with Crippen LogP contribution < -0.4 is 20.4 Å². The van der Waals surface area contributed by atoms with Gasteiger partial charge in [0, 0.05) is 29.8 Å². The quantitative estimate of drug-likeness (QED) is 0.0838. The van der Waals surface area contributed by atoms with Gasteiger partial charge in [-0.25, -0.2) is 10.2 Å². The molecule has 206 valence electrons. The molecule has 2 amide bonds. The molecule has 4 aromatic carbocycles. The molecule has 0 heterocycles. The fourth-order valence-corrected chi connectivity index (χ4v) is 3.84. The Morgan fingerprint density at radius 3 is 2.05 bits per heavy atom. The molecule has 0 aliphatic heterocycles. The maximum absolute atomic E-state index is 13.0. The number of hydrazone groups is 1. The van der Waals surface area contributed by atoms with Crippen LogP contribution in [0.25, 0.3) is 6.08 Å². The summed E-state index contributed by atoms with van der Waals surface area (Å²) in [5.74, 6) is -1.12. The lowest BCUT2D eigenvalue weighted by Gasteiger charge is -2.12. The Bertz CT molecular complexity index is 1570. The van der Waals surface area contributed by atoms with Crippen LogP contribution >= 0.6 is 15.9 Å². The van der Waals surface area contributed by atoms with Crippen LogP contribution in [-0.4, -0.2) is 38.1 Å². The van der Waals surface area contributed by atoms with Crippen LogP contribution in [0.2, 0.25) is 0 Å². The minimum Gasteiger partial charge on any atom is -0.423 e. The number of nitrogens with one attached hydrogen (secondary N) is 2. The summed E-state index contributed by atoms with van der Waals surface area (Å²) in [5, 5.41) is 6.72. The second kappa shape index (κ2) is 13.9. The van der Waals surface area contributed by atoms with Crippen molar-refractivity contribution >= 4 is 51.7 Å². The molecule has 0 aliphatic rings. The number of ether oxygens (including phenoxy) is 1. The maximum Gasteiger partial charge on any atom is 0.343 e. The van der Waals surface area contributed by atoms with E-state index in [2.05, 4.69) is 31.8 Å². The van der Waals surface area contributed by atoms with Crippen molar-refractivity contribution < 1.29 is 19.1 Å². The molecule has 0 fully saturated rings. The Hall–Kier alpha value is -5.02. The van der Waals surface area contributed by atoms with Gasteiger partial charge >= 0.3 is 5.97 Å². The molecule has 8 nitrogen and oxygen atoms in total. The van der Waals surface area contributed by atoms with Crippen LogP contribution in [0, 0.1) is 0 Å². The topological polar surface area (TPSA) is 100 Å². The summed E-state index contributed by atoms with van der Waals surface area (Å²) in [6, 6.07) is 29.7. The Labute approximate surface area is 246 Å². The molecule has 4 rings (SSSR count). The van der Waals surface area contributed by atoms with E-state index in [9.17, 15) is 14.4 Å². The van der Waals surface area contributed by atoms with Gasteiger partial charge in [-0.1, -0.05) is 46.3 Å². The SMILES string of the molecule is CN(C)c1ccc(C=C(NC(=O)c2ccccc2)C(=O)NN=Cc2ccc(OC(=O)c3ccc(Br)cc3)cc2)cc1. The van der Waals surface area contributed by atoms with Gasteiger partial charge in [0.2, 0.25) is 0 Å². The van der Waals surface area contributed by atoms with E-state index in [1.807, 2.05) is 43.3 Å². The number of carbonyl (C=O) groups is 3. The van der Waals surface area contributed by atoms with E-state index in [1.165, 1.54) is 6.21 Å². The highest BCUT2D eigenvalue weighted by Gasteiger charge is 2.14. The number of hydrogen-bond donors (Lipinski definition) is 2. The van der Waals surface area contributed by atoms with Crippen molar-refractivity contribution in [1.82, 2.24) is 10.7 Å². The summed E-state index contributed by atoms with van der Waals surface area (Å²) in [7, 11) is 3.87. The minimum atomic E-state index is -0.595. The van der Waals surface area contributed by atoms with Crippen molar-refractivity contribution in [3.05, 3.63) is 136 Å². The van der Waals surface area contributed by atoms with Gasteiger partial charge in [-0.3, -0.25) is 9.59 Å². The van der Waals surface area contributed by atoms with Gasteiger partial charge in [0.05, 0.1) is 11.8 Å². The molecule has 0 spiro atoms. The molecule has 0 aliphatic carbocycles. The zero-order valence-corrected chi connectivity index (χ0v) is 24.0. The fraction of sp³-hybridized carbons (Fsp3) is 0.0625. The van der Waals surface area contributed by atoms with Crippen LogP contribution in [0.5, 0.6) is 5.75 Å². The lowest BCUT2D eigenvalue weighted by atomic mass is 10.1. The molecule has 4 aromatic rings. The van der Waals surface area contributed by atoms with Gasteiger partial charge in [-0.05, 0) is 90.0 Å². The minimum absolute atomic E-state index is 0.0313. The van der Waals surface area contributed by atoms with E-state index in [-0.39, 0.29) is 5.70 Å². The first-order valence-electron chi connectivity index (χ1n) is 12.6. The summed E-state index contributed by atoms with van der Waals surface area (Å²) in [5.41, 5.74) is 5.72. The highest BCUT2D eigenvalue weighted by Crippen LogP contribution is 2.17. The molecular weight excluding hydrogens is 584 g/mol. The number of hydrogen-bond acceptors (Lipinski definition) is 6. The second-order valence-corrected chi connectivity index (χ2v) is 9.94. The molecule has 0 saturated heterocycles. The van der Waals surface area contributed by atoms with E-state index >= 15 is 0 Å². The number of esters is 1. The number of halogens is 1. The number of anilines is 1. The van der Waals surface area contributed by atoms with Gasteiger partial charge in [-0.2, -0.15) is 5.10 Å². The van der Waals surface area contributed by atoms with E-state index in [1.54, 1.807) is 84.9 Å². The van der Waals surface area contributed by atoms with E-state index in [4.69, 9.17) is 4.74 Å². The summed E-state index contributed by atoms with van der Waals surface area (Å²) in [4.78, 5) is 40.1. The predicted octanol–water partition coefficient (Wildman–Crippen LogP) is 5.66. The first-order valence-corrected chi connectivity index (χ1v) is 13.3. The molecular formula is C32H27BrN4O4. The van der Waals surface area contributed by atoms with Crippen molar-refractivity contribution in [3.8, 4) is 5.75 Å². The lowest BCUT2D eigenvalue weighted by Crippen LogP contribution is -2.32. The fourth-order valence-electron chi connectivity index (χ4n) is 3.58. The monoisotopic (exact) mass is 610 g/mol. The first-order chi connectivity index (χ1) is 19.8. The van der Waals surface area contributed by atoms with Gasteiger partial charge < -0.3 is 15.0 Å². The molecule has 2 N–H and O–H groups in total. The lowest BCUT2D eigenvalue weighted by molar-refractivity contribution is -0.117. The van der Waals surface area contributed by atoms with Crippen LogP contribution in [0.15, 0.2) is 118 Å². The summed E-state index contributed by atoms with van der Waals surface area (Å²) >= 11 is 3.33. The molecule has 9 heteroatoms. The van der Waals surface area contributed by atoms with E-state index < -0.39 is 17.8 Å². The van der Waals surface area contributed by atoms with Gasteiger partial charge in [-0.15, -0.1) is 0 Å². The zero-order chi connectivity index (χ0) is 29.2. The Morgan fingerprint density at radius 1 is 0.780 bits per heavy atom. The third-order valence-electron chi connectivity index (χ3n) is 5.80. The van der Waals surface area contributed by atoms with Crippen LogP contribution in [0.4, 0.5) is 5.69 Å². The standard InChI is InChI=1S/C32H27BrN4O4/c1-37(2)27-16-8-22(9-17-27)20-29(35-30(38)24-6-4-3-5-7-24)31(39)36-34-21-23-10-18-28(19-11-23)41-32(40)25-12-14-26(33)15-13-25/h3-21H,1-2H3,(H,35,38)(H,36,39). The zero-order valence-electron chi connectivity index (χ0n) is 22.4. The number of carbonyl (C=O) groups excluding carboxylic acids is 3. The first kappa shape index (κ1) is 29.0. The smallest absolute Gasteiger partial charge is 0.343 e. The van der Waals surface area contributed by atoms with Crippen molar-refractivity contribution in [2.45, 2.75) is 0 Å². The van der Waals surface area contributed by atoms with Gasteiger partial charge in [0.15, 0.2) is 0 Å². The summed E-state index contributed by atoms with van der Waals surface area (Å²) < 4.78 is 6.27. The Morgan fingerprint density at radius 2 is 1.41 bits per heavy atom. The molecule has 0 radical (unpaired) electrons. The molecule has 0 saturated carbocycles. The van der Waals surface area contributed by atoms with Crippen molar-refractivity contribution in [2.24, 2.45) is 5.10 Å². The average molecular weight is 611 g/mol. The van der Waals surface area contributed by atoms with Gasteiger partial charge in [0.1, 0.15) is 11.4 Å². The third kappa shape index (κ3) is 8.48. The van der Waals surface area contributed by atoms with Crippen molar-refractivity contribution in [1.29, 1.82) is 0 Å². The van der Waals surface area contributed by atoms with E-state index in [0.29, 0.717) is 22.4 Å². The third-order valence-corrected chi connectivity index (χ3v) is 6.33. The number of nitrogens with zero attached hydrogens (tertiary/aromatic N) is 2. The molecule has 0 aromatic heterocycles. The summed E-state index contributed by atoms with van der Waals surface area (Å²) in [6.45, 7) is 0. The number of benzene rings is 4. The normalized spacial score (nSPS) is 11.1. The van der Waals surface area contributed by atoms with Crippen molar-refractivity contribution in [2.75, 3.05) is 19.0 Å². The molecule has 0 bridgehead atoms. The average Bonchev–Trinajstić information content (AvgIpc) is 2.98. The van der Waals surface area contributed by atoms with E-state index in [0.717, 1.165) is 15.7 Å². The second-order valence-electron chi connectivity index (χ2n) is 9.03. The Kier molecular flexibility index (Phi) is 9.80. The Balaban J connectivity index is 1.43. The predicted molar refractivity (Wildman–Crippen MR) is 164 cm³/mol. The van der Waals surface area contributed by atoms with Crippen LogP contribution in [-0.2, 0) is 4.79 Å². The van der Waals surface area contributed by atoms with Crippen molar-refractivity contribution in [3.63, 3.8) is 0 Å². The maximum atomic E-state index is 13.0. The number of rotatable bonds is 9. The van der Waals surface area contributed by atoms with Crippen LogP contribution in [0.3, 0.4) is 0 Å². The molecule has 41 heavy (non-hydrogen) atoms.